The number of anilines is 2. The Balaban J connectivity index is 2.88. The zero-order chi connectivity index (χ0) is 13.7. The molecule has 1 atom stereocenters. The molecule has 0 fully saturated rings. The van der Waals surface area contributed by atoms with Gasteiger partial charge in [-0.25, -0.2) is 9.97 Å². The number of nitrogens with two attached hydrogens (primary N) is 1. The second-order valence-corrected chi connectivity index (χ2v) is 5.14. The number of hydrogen-bond acceptors (Lipinski definition) is 5. The first-order valence-corrected chi connectivity index (χ1v) is 6.34. The molecule has 0 saturated carbocycles. The van der Waals surface area contributed by atoms with Crippen molar-refractivity contribution in [1.29, 1.82) is 0 Å². The minimum Gasteiger partial charge on any atom is -0.384 e. The van der Waals surface area contributed by atoms with Gasteiger partial charge in [-0.1, -0.05) is 27.7 Å². The van der Waals surface area contributed by atoms with E-state index in [1.807, 2.05) is 13.8 Å². The summed E-state index contributed by atoms with van der Waals surface area (Å²) < 4.78 is 5.21. The topological polar surface area (TPSA) is 73.1 Å². The van der Waals surface area contributed by atoms with Crippen molar-refractivity contribution in [2.45, 2.75) is 39.7 Å². The van der Waals surface area contributed by atoms with Gasteiger partial charge in [-0.15, -0.1) is 0 Å². The van der Waals surface area contributed by atoms with Crippen molar-refractivity contribution in [3.8, 4) is 0 Å². The van der Waals surface area contributed by atoms with Crippen molar-refractivity contribution in [1.82, 2.24) is 9.97 Å². The summed E-state index contributed by atoms with van der Waals surface area (Å²) in [4.78, 5) is 8.71. The van der Waals surface area contributed by atoms with E-state index in [1.165, 1.54) is 0 Å². The second-order valence-electron chi connectivity index (χ2n) is 5.14. The van der Waals surface area contributed by atoms with Crippen LogP contribution < -0.4 is 11.1 Å². The first kappa shape index (κ1) is 14.7. The van der Waals surface area contributed by atoms with Crippen LogP contribution in [0.25, 0.3) is 0 Å². The van der Waals surface area contributed by atoms with E-state index >= 15 is 0 Å². The minimum absolute atomic E-state index is 0.212. The van der Waals surface area contributed by atoms with Gasteiger partial charge >= 0.3 is 0 Å². The van der Waals surface area contributed by atoms with Gasteiger partial charge in [0.25, 0.3) is 0 Å². The number of nitrogens with one attached hydrogen (secondary N) is 1. The van der Waals surface area contributed by atoms with Crippen LogP contribution in [0, 0.1) is 5.92 Å². The lowest BCUT2D eigenvalue weighted by Gasteiger charge is -2.22. The van der Waals surface area contributed by atoms with Crippen molar-refractivity contribution in [3.05, 3.63) is 11.9 Å². The third-order valence-electron chi connectivity index (χ3n) is 2.76. The lowest BCUT2D eigenvalue weighted by Crippen LogP contribution is -2.31. The number of nitrogen functional groups attached to an aromatic ring is 1. The van der Waals surface area contributed by atoms with Crippen LogP contribution in [0.2, 0.25) is 0 Å². The van der Waals surface area contributed by atoms with Crippen LogP contribution in [0.1, 0.15) is 39.4 Å². The third kappa shape index (κ3) is 4.14. The maximum atomic E-state index is 5.80. The lowest BCUT2D eigenvalue weighted by molar-refractivity contribution is 0.171. The number of rotatable bonds is 6. The average molecular weight is 252 g/mol. The van der Waals surface area contributed by atoms with E-state index in [2.05, 4.69) is 29.1 Å². The molecule has 102 valence electrons. The number of hydrogen-bond donors (Lipinski definition) is 2. The Labute approximate surface area is 109 Å². The Bertz CT molecular complexity index is 379. The molecule has 18 heavy (non-hydrogen) atoms. The van der Waals surface area contributed by atoms with E-state index < -0.39 is 0 Å². The number of ether oxygens (including phenoxy) is 1. The first-order chi connectivity index (χ1) is 8.43. The van der Waals surface area contributed by atoms with Gasteiger partial charge in [0.1, 0.15) is 17.5 Å². The van der Waals surface area contributed by atoms with Gasteiger partial charge in [-0.05, 0) is 5.92 Å². The molecule has 0 spiro atoms. The summed E-state index contributed by atoms with van der Waals surface area (Å²) in [6, 6.07) is 1.97. The third-order valence-corrected chi connectivity index (χ3v) is 2.76. The maximum Gasteiger partial charge on any atom is 0.135 e. The fraction of sp³-hybridized carbons (Fsp3) is 0.692. The molecule has 0 aliphatic heterocycles. The molecule has 0 saturated heterocycles. The summed E-state index contributed by atoms with van der Waals surface area (Å²) in [5.41, 5.74) is 5.80. The second kappa shape index (κ2) is 6.54. The highest BCUT2D eigenvalue weighted by atomic mass is 16.5. The van der Waals surface area contributed by atoms with Crippen molar-refractivity contribution < 1.29 is 4.74 Å². The molecular formula is C13H24N4O. The Morgan fingerprint density at radius 1 is 1.28 bits per heavy atom. The van der Waals surface area contributed by atoms with Gasteiger partial charge in [0.15, 0.2) is 0 Å². The molecule has 0 aliphatic carbocycles. The van der Waals surface area contributed by atoms with E-state index in [-0.39, 0.29) is 12.0 Å². The van der Waals surface area contributed by atoms with E-state index in [0.717, 1.165) is 11.6 Å². The van der Waals surface area contributed by atoms with E-state index in [9.17, 15) is 0 Å². The molecule has 0 amide bonds. The number of aromatic nitrogens is 2. The highest BCUT2D eigenvalue weighted by Gasteiger charge is 2.15. The number of methoxy groups -OCH3 is 1. The van der Waals surface area contributed by atoms with Gasteiger partial charge < -0.3 is 15.8 Å². The fourth-order valence-corrected chi connectivity index (χ4v) is 1.59. The smallest absolute Gasteiger partial charge is 0.135 e. The molecule has 1 heterocycles. The molecule has 0 aromatic carbocycles. The van der Waals surface area contributed by atoms with Crippen LogP contribution in [0.3, 0.4) is 0 Å². The molecule has 1 unspecified atom stereocenters. The largest absolute Gasteiger partial charge is 0.384 e. The maximum absolute atomic E-state index is 5.80. The summed E-state index contributed by atoms with van der Waals surface area (Å²) in [5, 5.41) is 3.36. The summed E-state index contributed by atoms with van der Waals surface area (Å²) in [6.07, 6.45) is 0. The molecule has 1 aromatic rings. The Morgan fingerprint density at radius 3 is 2.44 bits per heavy atom. The van der Waals surface area contributed by atoms with Crippen LogP contribution >= 0.6 is 0 Å². The first-order valence-electron chi connectivity index (χ1n) is 6.34. The predicted molar refractivity (Wildman–Crippen MR) is 74.7 cm³/mol. The molecule has 1 aromatic heterocycles. The van der Waals surface area contributed by atoms with Gasteiger partial charge in [-0.2, -0.15) is 0 Å². The quantitative estimate of drug-likeness (QED) is 0.812. The molecule has 5 heteroatoms. The minimum atomic E-state index is 0.212. The van der Waals surface area contributed by atoms with Crippen molar-refractivity contribution >= 4 is 11.6 Å². The van der Waals surface area contributed by atoms with Crippen LogP contribution in [0.4, 0.5) is 11.6 Å². The van der Waals surface area contributed by atoms with Crippen molar-refractivity contribution in [3.63, 3.8) is 0 Å². The molecule has 3 N–H and O–H groups in total. The normalized spacial score (nSPS) is 13.1. The van der Waals surface area contributed by atoms with E-state index in [4.69, 9.17) is 10.5 Å². The highest BCUT2D eigenvalue weighted by Crippen LogP contribution is 2.17. The molecule has 0 aliphatic rings. The SMILES string of the molecule is COCC(Nc1cc(N)nc(C(C)C)n1)C(C)C. The summed E-state index contributed by atoms with van der Waals surface area (Å²) in [5.74, 6) is 2.73. The summed E-state index contributed by atoms with van der Waals surface area (Å²) >= 11 is 0. The fourth-order valence-electron chi connectivity index (χ4n) is 1.59. The molecule has 0 radical (unpaired) electrons. The monoisotopic (exact) mass is 252 g/mol. The molecule has 5 nitrogen and oxygen atoms in total. The Morgan fingerprint density at radius 2 is 1.94 bits per heavy atom. The standard InChI is InChI=1S/C13H24N4O/c1-8(2)10(7-18-5)15-12-6-11(14)16-13(17-12)9(3)4/h6,8-10H,7H2,1-5H3,(H3,14,15,16,17). The zero-order valence-corrected chi connectivity index (χ0v) is 11.9. The molecule has 1 rings (SSSR count). The number of nitrogens with zero attached hydrogens (tertiary/aromatic N) is 2. The average Bonchev–Trinajstić information content (AvgIpc) is 2.27. The zero-order valence-electron chi connectivity index (χ0n) is 11.9. The van der Waals surface area contributed by atoms with Crippen molar-refractivity contribution in [2.75, 3.05) is 24.8 Å². The lowest BCUT2D eigenvalue weighted by atomic mass is 10.1. The van der Waals surface area contributed by atoms with Crippen LogP contribution in [0.5, 0.6) is 0 Å². The van der Waals surface area contributed by atoms with Gasteiger partial charge in [0, 0.05) is 19.1 Å². The van der Waals surface area contributed by atoms with Crippen LogP contribution in [-0.2, 0) is 4.74 Å². The van der Waals surface area contributed by atoms with Crippen LogP contribution in [0.15, 0.2) is 6.07 Å². The summed E-state index contributed by atoms with van der Waals surface area (Å²) in [7, 11) is 1.70. The van der Waals surface area contributed by atoms with E-state index in [1.54, 1.807) is 13.2 Å². The molecule has 0 bridgehead atoms. The molecular weight excluding hydrogens is 228 g/mol. The van der Waals surface area contributed by atoms with Gasteiger partial charge in [0.05, 0.1) is 12.6 Å². The Kier molecular flexibility index (Phi) is 5.34. The highest BCUT2D eigenvalue weighted by molar-refractivity contribution is 5.45. The predicted octanol–water partition coefficient (Wildman–Crippen LogP) is 2.27. The Hall–Kier alpha value is -1.36. The summed E-state index contributed by atoms with van der Waals surface area (Å²) in [6.45, 7) is 9.02. The van der Waals surface area contributed by atoms with Crippen molar-refractivity contribution in [2.24, 2.45) is 5.92 Å². The van der Waals surface area contributed by atoms with Crippen LogP contribution in [-0.4, -0.2) is 29.7 Å². The van der Waals surface area contributed by atoms with E-state index in [0.29, 0.717) is 18.3 Å². The van der Waals surface area contributed by atoms with Gasteiger partial charge in [-0.3, -0.25) is 0 Å². The van der Waals surface area contributed by atoms with Gasteiger partial charge in [0.2, 0.25) is 0 Å².